The molecule has 1 amide bonds. The van der Waals surface area contributed by atoms with E-state index in [1.807, 2.05) is 37.2 Å². The van der Waals surface area contributed by atoms with Crippen molar-refractivity contribution in [3.05, 3.63) is 59.6 Å². The van der Waals surface area contributed by atoms with E-state index in [1.54, 1.807) is 17.5 Å². The molecule has 0 aliphatic carbocycles. The lowest BCUT2D eigenvalue weighted by Crippen LogP contribution is -2.34. The van der Waals surface area contributed by atoms with Crippen molar-refractivity contribution < 1.29 is 13.6 Å². The Kier molecular flexibility index (Phi) is 6.88. The van der Waals surface area contributed by atoms with Crippen LogP contribution in [0.4, 0.5) is 13.9 Å². The van der Waals surface area contributed by atoms with E-state index in [-0.39, 0.29) is 23.8 Å². The van der Waals surface area contributed by atoms with Crippen molar-refractivity contribution in [2.45, 2.75) is 13.3 Å². The summed E-state index contributed by atoms with van der Waals surface area (Å²) in [6.07, 6.45) is 2.48. The molecule has 4 aromatic rings. The molecule has 3 aromatic heterocycles. The minimum absolute atomic E-state index is 0. The fraction of sp³-hybridized carbons (Fsp3) is 0.286. The zero-order valence-electron chi connectivity index (χ0n) is 17.3. The highest BCUT2D eigenvalue weighted by molar-refractivity contribution is 7.22. The molecule has 0 aliphatic heterocycles. The zero-order valence-corrected chi connectivity index (χ0v) is 18.9. The standard InChI is InChI=1S/C21H21F2N5OS.ClH/c1-13-19(27-9-5-4-7-17(27)24-13)20(29)28(10-6-8-26(2)3)21-25-18-15(23)11-14(22)12-16(18)30-21;/h4-5,7,9,11-12H,6,8,10H2,1-3H3;1H. The third kappa shape index (κ3) is 4.53. The lowest BCUT2D eigenvalue weighted by atomic mass is 10.3. The van der Waals surface area contributed by atoms with Crippen molar-refractivity contribution in [2.75, 3.05) is 32.1 Å². The number of carbonyl (C=O) groups is 1. The third-order valence-corrected chi connectivity index (χ3v) is 5.80. The van der Waals surface area contributed by atoms with Gasteiger partial charge >= 0.3 is 0 Å². The van der Waals surface area contributed by atoms with Crippen LogP contribution in [0.1, 0.15) is 22.6 Å². The molecule has 0 unspecified atom stereocenters. The van der Waals surface area contributed by atoms with Crippen LogP contribution in [-0.2, 0) is 0 Å². The van der Waals surface area contributed by atoms with Gasteiger partial charge in [0.05, 0.1) is 10.4 Å². The average Bonchev–Trinajstić information content (AvgIpc) is 3.24. The van der Waals surface area contributed by atoms with E-state index in [0.717, 1.165) is 23.9 Å². The number of aryl methyl sites for hydroxylation is 1. The van der Waals surface area contributed by atoms with Crippen molar-refractivity contribution in [1.82, 2.24) is 19.3 Å². The number of anilines is 1. The molecule has 0 saturated carbocycles. The second-order valence-electron chi connectivity index (χ2n) is 7.32. The predicted octanol–water partition coefficient (Wildman–Crippen LogP) is 4.55. The summed E-state index contributed by atoms with van der Waals surface area (Å²) in [7, 11) is 3.91. The van der Waals surface area contributed by atoms with E-state index in [0.29, 0.717) is 39.8 Å². The quantitative estimate of drug-likeness (QED) is 0.419. The summed E-state index contributed by atoms with van der Waals surface area (Å²) >= 11 is 1.10. The van der Waals surface area contributed by atoms with Gasteiger partial charge in [-0.3, -0.25) is 14.1 Å². The molecule has 0 N–H and O–H groups in total. The Hall–Kier alpha value is -2.62. The van der Waals surface area contributed by atoms with Gasteiger partial charge in [0.25, 0.3) is 5.91 Å². The number of carbonyl (C=O) groups excluding carboxylic acids is 1. The van der Waals surface area contributed by atoms with Gasteiger partial charge in [0, 0.05) is 18.8 Å². The summed E-state index contributed by atoms with van der Waals surface area (Å²) in [5.74, 6) is -1.68. The number of hydrogen-bond donors (Lipinski definition) is 0. The number of amides is 1. The van der Waals surface area contributed by atoms with Crippen LogP contribution in [0.2, 0.25) is 0 Å². The lowest BCUT2D eigenvalue weighted by Gasteiger charge is -2.21. The van der Waals surface area contributed by atoms with E-state index >= 15 is 0 Å². The highest BCUT2D eigenvalue weighted by atomic mass is 35.5. The van der Waals surface area contributed by atoms with Crippen LogP contribution in [0.15, 0.2) is 36.5 Å². The maximum atomic E-state index is 14.2. The molecule has 4 rings (SSSR count). The average molecular weight is 466 g/mol. The molecular weight excluding hydrogens is 444 g/mol. The molecule has 10 heteroatoms. The Morgan fingerprint density at radius 3 is 2.68 bits per heavy atom. The van der Waals surface area contributed by atoms with E-state index < -0.39 is 11.6 Å². The summed E-state index contributed by atoms with van der Waals surface area (Å²) < 4.78 is 30.0. The van der Waals surface area contributed by atoms with Gasteiger partial charge in [0.15, 0.2) is 10.9 Å². The molecule has 31 heavy (non-hydrogen) atoms. The second kappa shape index (κ2) is 9.25. The summed E-state index contributed by atoms with van der Waals surface area (Å²) in [4.78, 5) is 26.0. The Morgan fingerprint density at radius 1 is 1.16 bits per heavy atom. The van der Waals surface area contributed by atoms with E-state index in [1.165, 1.54) is 11.0 Å². The first-order valence-corrected chi connectivity index (χ1v) is 10.3. The van der Waals surface area contributed by atoms with Crippen molar-refractivity contribution in [3.63, 3.8) is 0 Å². The number of pyridine rings is 1. The molecule has 0 fully saturated rings. The summed E-state index contributed by atoms with van der Waals surface area (Å²) in [5, 5.41) is 0.337. The Bertz CT molecular complexity index is 1240. The summed E-state index contributed by atoms with van der Waals surface area (Å²) in [6.45, 7) is 2.94. The number of rotatable bonds is 6. The molecule has 0 aliphatic rings. The SMILES string of the molecule is Cc1nc2ccccn2c1C(=O)N(CCCN(C)C)c1nc2c(F)cc(F)cc2s1.Cl. The van der Waals surface area contributed by atoms with Crippen molar-refractivity contribution >= 4 is 50.6 Å². The Morgan fingerprint density at radius 2 is 1.94 bits per heavy atom. The fourth-order valence-electron chi connectivity index (χ4n) is 3.39. The van der Waals surface area contributed by atoms with Crippen molar-refractivity contribution in [1.29, 1.82) is 0 Å². The molecular formula is C21H22ClF2N5OS. The van der Waals surface area contributed by atoms with Gasteiger partial charge in [-0.25, -0.2) is 18.7 Å². The molecule has 0 atom stereocenters. The lowest BCUT2D eigenvalue weighted by molar-refractivity contribution is 0.0979. The van der Waals surface area contributed by atoms with E-state index in [4.69, 9.17) is 0 Å². The highest BCUT2D eigenvalue weighted by Crippen LogP contribution is 2.32. The Balaban J connectivity index is 0.00000272. The second-order valence-corrected chi connectivity index (χ2v) is 8.33. The minimum Gasteiger partial charge on any atom is -0.309 e. The monoisotopic (exact) mass is 465 g/mol. The molecule has 3 heterocycles. The third-order valence-electron chi connectivity index (χ3n) is 4.77. The van der Waals surface area contributed by atoms with Crippen LogP contribution >= 0.6 is 23.7 Å². The van der Waals surface area contributed by atoms with E-state index in [2.05, 4.69) is 9.97 Å². The molecule has 0 saturated heterocycles. The van der Waals surface area contributed by atoms with Gasteiger partial charge in [-0.05, 0) is 52.2 Å². The van der Waals surface area contributed by atoms with Crippen LogP contribution in [0.25, 0.3) is 15.9 Å². The molecule has 1 aromatic carbocycles. The molecule has 0 bridgehead atoms. The molecule has 164 valence electrons. The molecule has 0 spiro atoms. The largest absolute Gasteiger partial charge is 0.309 e. The van der Waals surface area contributed by atoms with Gasteiger partial charge in [0.2, 0.25) is 0 Å². The number of halogens is 3. The van der Waals surface area contributed by atoms with Gasteiger partial charge in [-0.1, -0.05) is 17.4 Å². The number of nitrogens with zero attached hydrogens (tertiary/aromatic N) is 5. The number of thiazole rings is 1. The van der Waals surface area contributed by atoms with Gasteiger partial charge in [-0.15, -0.1) is 12.4 Å². The first-order chi connectivity index (χ1) is 14.3. The smallest absolute Gasteiger partial charge is 0.278 e. The minimum atomic E-state index is -0.737. The van der Waals surface area contributed by atoms with E-state index in [9.17, 15) is 13.6 Å². The molecule has 0 radical (unpaired) electrons. The van der Waals surface area contributed by atoms with Crippen molar-refractivity contribution in [3.8, 4) is 0 Å². The van der Waals surface area contributed by atoms with Gasteiger partial charge in [-0.2, -0.15) is 0 Å². The maximum Gasteiger partial charge on any atom is 0.278 e. The van der Waals surface area contributed by atoms with Crippen LogP contribution in [0, 0.1) is 18.6 Å². The normalized spacial score (nSPS) is 11.3. The van der Waals surface area contributed by atoms with Crippen LogP contribution < -0.4 is 4.90 Å². The highest BCUT2D eigenvalue weighted by Gasteiger charge is 2.26. The number of benzene rings is 1. The van der Waals surface area contributed by atoms with Crippen LogP contribution in [0.3, 0.4) is 0 Å². The predicted molar refractivity (Wildman–Crippen MR) is 122 cm³/mol. The fourth-order valence-corrected chi connectivity index (χ4v) is 4.42. The molecule has 6 nitrogen and oxygen atoms in total. The maximum absolute atomic E-state index is 14.2. The summed E-state index contributed by atoms with van der Waals surface area (Å²) in [6, 6.07) is 7.56. The number of hydrogen-bond acceptors (Lipinski definition) is 5. The first-order valence-electron chi connectivity index (χ1n) is 9.51. The van der Waals surface area contributed by atoms with Crippen molar-refractivity contribution in [2.24, 2.45) is 0 Å². The summed E-state index contributed by atoms with van der Waals surface area (Å²) in [5.41, 5.74) is 1.77. The topological polar surface area (TPSA) is 53.7 Å². The Labute approximate surface area is 188 Å². The zero-order chi connectivity index (χ0) is 21.4. The number of aromatic nitrogens is 3. The van der Waals surface area contributed by atoms with Crippen LogP contribution in [0.5, 0.6) is 0 Å². The van der Waals surface area contributed by atoms with Crippen LogP contribution in [-0.4, -0.2) is 52.4 Å². The van der Waals surface area contributed by atoms with Gasteiger partial charge in [0.1, 0.15) is 22.7 Å². The number of imidazole rings is 1. The van der Waals surface area contributed by atoms with Gasteiger partial charge < -0.3 is 4.90 Å². The number of fused-ring (bicyclic) bond motifs is 2. The first kappa shape index (κ1) is 23.1.